The molecular formula is C10H23NO4. The van der Waals surface area contributed by atoms with Gasteiger partial charge in [0.2, 0.25) is 0 Å². The molecule has 92 valence electrons. The zero-order chi connectivity index (χ0) is 11.4. The monoisotopic (exact) mass is 221 g/mol. The van der Waals surface area contributed by atoms with E-state index in [0.29, 0.717) is 46.2 Å². The van der Waals surface area contributed by atoms with Crippen LogP contribution >= 0.6 is 0 Å². The molecule has 0 fully saturated rings. The summed E-state index contributed by atoms with van der Waals surface area (Å²) >= 11 is 0. The minimum Gasteiger partial charge on any atom is -0.382 e. The van der Waals surface area contributed by atoms with E-state index in [1.54, 1.807) is 7.11 Å². The van der Waals surface area contributed by atoms with Crippen molar-refractivity contribution in [2.45, 2.75) is 13.0 Å². The largest absolute Gasteiger partial charge is 0.382 e. The number of methoxy groups -OCH3 is 1. The zero-order valence-corrected chi connectivity index (χ0v) is 9.74. The van der Waals surface area contributed by atoms with Crippen LogP contribution in [0.5, 0.6) is 0 Å². The van der Waals surface area contributed by atoms with E-state index in [1.807, 2.05) is 6.92 Å². The standard InChI is InChI=1S/C10H23NO4/c1-10(11)9-15-8-7-14-6-5-13-4-3-12-2/h10H,3-9,11H2,1-2H3/t10-/m1/s1. The second-order valence-electron chi connectivity index (χ2n) is 3.27. The molecule has 0 rings (SSSR count). The summed E-state index contributed by atoms with van der Waals surface area (Å²) in [6.07, 6.45) is 0. The maximum absolute atomic E-state index is 5.50. The van der Waals surface area contributed by atoms with Gasteiger partial charge >= 0.3 is 0 Å². The maximum Gasteiger partial charge on any atom is 0.0701 e. The van der Waals surface area contributed by atoms with E-state index in [-0.39, 0.29) is 6.04 Å². The minimum atomic E-state index is 0.0855. The number of hydrogen-bond donors (Lipinski definition) is 1. The van der Waals surface area contributed by atoms with E-state index in [9.17, 15) is 0 Å². The molecule has 15 heavy (non-hydrogen) atoms. The summed E-state index contributed by atoms with van der Waals surface area (Å²) in [6.45, 7) is 6.07. The third-order valence-corrected chi connectivity index (χ3v) is 1.56. The molecule has 0 spiro atoms. The Morgan fingerprint density at radius 2 is 1.33 bits per heavy atom. The fraction of sp³-hybridized carbons (Fsp3) is 1.00. The molecule has 0 aromatic carbocycles. The molecule has 0 aliphatic heterocycles. The molecule has 0 aromatic heterocycles. The van der Waals surface area contributed by atoms with Gasteiger partial charge in [0, 0.05) is 13.2 Å². The van der Waals surface area contributed by atoms with Gasteiger partial charge in [0.1, 0.15) is 0 Å². The molecule has 0 aliphatic carbocycles. The quantitative estimate of drug-likeness (QED) is 0.499. The van der Waals surface area contributed by atoms with Gasteiger partial charge in [-0.2, -0.15) is 0 Å². The first-order chi connectivity index (χ1) is 7.27. The minimum absolute atomic E-state index is 0.0855. The lowest BCUT2D eigenvalue weighted by atomic mass is 10.4. The molecule has 0 bridgehead atoms. The highest BCUT2D eigenvalue weighted by molar-refractivity contribution is 4.47. The molecule has 5 nitrogen and oxygen atoms in total. The maximum atomic E-state index is 5.50. The Bertz CT molecular complexity index is 122. The Hall–Kier alpha value is -0.200. The van der Waals surface area contributed by atoms with Crippen molar-refractivity contribution < 1.29 is 18.9 Å². The number of hydrogen-bond acceptors (Lipinski definition) is 5. The molecule has 0 aromatic rings. The van der Waals surface area contributed by atoms with Crippen molar-refractivity contribution in [3.05, 3.63) is 0 Å². The lowest BCUT2D eigenvalue weighted by Crippen LogP contribution is -2.23. The molecule has 0 amide bonds. The van der Waals surface area contributed by atoms with Gasteiger partial charge in [-0.1, -0.05) is 0 Å². The van der Waals surface area contributed by atoms with Crippen LogP contribution in [0, 0.1) is 0 Å². The normalized spacial score (nSPS) is 13.0. The average molecular weight is 221 g/mol. The highest BCUT2D eigenvalue weighted by Crippen LogP contribution is 1.83. The van der Waals surface area contributed by atoms with E-state index < -0.39 is 0 Å². The first-order valence-electron chi connectivity index (χ1n) is 5.25. The summed E-state index contributed by atoms with van der Waals surface area (Å²) in [7, 11) is 1.65. The smallest absolute Gasteiger partial charge is 0.0701 e. The third-order valence-electron chi connectivity index (χ3n) is 1.56. The van der Waals surface area contributed by atoms with E-state index in [4.69, 9.17) is 24.7 Å². The summed E-state index contributed by atoms with van der Waals surface area (Å²) in [5, 5.41) is 0. The second-order valence-corrected chi connectivity index (χ2v) is 3.27. The van der Waals surface area contributed by atoms with Crippen molar-refractivity contribution in [3.8, 4) is 0 Å². The van der Waals surface area contributed by atoms with Gasteiger partial charge in [-0.05, 0) is 6.92 Å². The van der Waals surface area contributed by atoms with Crippen LogP contribution in [0.2, 0.25) is 0 Å². The first kappa shape index (κ1) is 14.8. The van der Waals surface area contributed by atoms with Gasteiger partial charge in [0.15, 0.2) is 0 Å². The summed E-state index contributed by atoms with van der Waals surface area (Å²) in [4.78, 5) is 0. The van der Waals surface area contributed by atoms with E-state index in [2.05, 4.69) is 0 Å². The van der Waals surface area contributed by atoms with Gasteiger partial charge in [0.05, 0.1) is 46.2 Å². The summed E-state index contributed by atoms with van der Waals surface area (Å²) in [5.74, 6) is 0. The molecule has 2 N–H and O–H groups in total. The Morgan fingerprint density at radius 3 is 1.80 bits per heavy atom. The molecule has 0 saturated heterocycles. The van der Waals surface area contributed by atoms with Crippen molar-refractivity contribution in [2.24, 2.45) is 5.73 Å². The van der Waals surface area contributed by atoms with Crippen LogP contribution in [0.1, 0.15) is 6.92 Å². The van der Waals surface area contributed by atoms with E-state index in [0.717, 1.165) is 0 Å². The van der Waals surface area contributed by atoms with Crippen molar-refractivity contribution in [1.82, 2.24) is 0 Å². The van der Waals surface area contributed by atoms with Crippen molar-refractivity contribution in [2.75, 3.05) is 53.4 Å². The zero-order valence-electron chi connectivity index (χ0n) is 9.74. The second kappa shape index (κ2) is 11.9. The number of ether oxygens (including phenoxy) is 4. The van der Waals surface area contributed by atoms with Gasteiger partial charge in [-0.15, -0.1) is 0 Å². The van der Waals surface area contributed by atoms with Crippen LogP contribution < -0.4 is 5.73 Å². The van der Waals surface area contributed by atoms with Crippen LogP contribution in [0.15, 0.2) is 0 Å². The lowest BCUT2D eigenvalue weighted by molar-refractivity contribution is 0.00250. The van der Waals surface area contributed by atoms with Crippen LogP contribution in [0.3, 0.4) is 0 Å². The fourth-order valence-electron chi connectivity index (χ4n) is 0.851. The Morgan fingerprint density at radius 1 is 0.867 bits per heavy atom. The number of rotatable bonds is 11. The number of nitrogens with two attached hydrogens (primary N) is 1. The van der Waals surface area contributed by atoms with Crippen molar-refractivity contribution in [3.63, 3.8) is 0 Å². The lowest BCUT2D eigenvalue weighted by Gasteiger charge is -2.07. The van der Waals surface area contributed by atoms with Crippen molar-refractivity contribution in [1.29, 1.82) is 0 Å². The Kier molecular flexibility index (Phi) is 11.7. The molecule has 0 saturated carbocycles. The van der Waals surface area contributed by atoms with Crippen LogP contribution in [-0.2, 0) is 18.9 Å². The van der Waals surface area contributed by atoms with Gasteiger partial charge in [0.25, 0.3) is 0 Å². The molecule has 0 radical (unpaired) electrons. The van der Waals surface area contributed by atoms with E-state index in [1.165, 1.54) is 0 Å². The third kappa shape index (κ3) is 13.8. The molecule has 5 heteroatoms. The van der Waals surface area contributed by atoms with E-state index >= 15 is 0 Å². The van der Waals surface area contributed by atoms with Gasteiger partial charge in [-0.25, -0.2) is 0 Å². The van der Waals surface area contributed by atoms with Gasteiger partial charge in [-0.3, -0.25) is 0 Å². The highest BCUT2D eigenvalue weighted by atomic mass is 16.6. The van der Waals surface area contributed by atoms with Crippen LogP contribution in [0.4, 0.5) is 0 Å². The Labute approximate surface area is 91.8 Å². The Balaban J connectivity index is 2.87. The van der Waals surface area contributed by atoms with Crippen LogP contribution in [-0.4, -0.2) is 59.4 Å². The predicted octanol–water partition coefficient (Wildman–Crippen LogP) is 0.0298. The SMILES string of the molecule is COCCOCCOCCOC[C@@H](C)N. The van der Waals surface area contributed by atoms with Crippen LogP contribution in [0.25, 0.3) is 0 Å². The van der Waals surface area contributed by atoms with Crippen molar-refractivity contribution >= 4 is 0 Å². The molecule has 1 atom stereocenters. The van der Waals surface area contributed by atoms with Gasteiger partial charge < -0.3 is 24.7 Å². The highest BCUT2D eigenvalue weighted by Gasteiger charge is 1.94. The summed E-state index contributed by atoms with van der Waals surface area (Å²) < 4.78 is 20.5. The summed E-state index contributed by atoms with van der Waals surface area (Å²) in [5.41, 5.74) is 5.50. The average Bonchev–Trinajstić information content (AvgIpc) is 2.20. The molecule has 0 heterocycles. The fourth-order valence-corrected chi connectivity index (χ4v) is 0.851. The molecule has 0 aliphatic rings. The topological polar surface area (TPSA) is 62.9 Å². The molecular weight excluding hydrogens is 198 g/mol. The summed E-state index contributed by atoms with van der Waals surface area (Å²) in [6, 6.07) is 0.0855. The first-order valence-corrected chi connectivity index (χ1v) is 5.25. The predicted molar refractivity (Wildman–Crippen MR) is 58.0 cm³/mol. The molecule has 0 unspecified atom stereocenters.